The van der Waals surface area contributed by atoms with Gasteiger partial charge in [-0.25, -0.2) is 0 Å². The van der Waals surface area contributed by atoms with Crippen LogP contribution in [0, 0.1) is 11.8 Å². The van der Waals surface area contributed by atoms with E-state index in [1.54, 1.807) is 6.92 Å². The Bertz CT molecular complexity index is 537. The van der Waals surface area contributed by atoms with Crippen molar-refractivity contribution in [3.8, 4) is 0 Å². The van der Waals surface area contributed by atoms with Gasteiger partial charge in [0.2, 0.25) is 11.8 Å². The summed E-state index contributed by atoms with van der Waals surface area (Å²) in [6.45, 7) is 5.37. The van der Waals surface area contributed by atoms with Gasteiger partial charge in [0.25, 0.3) is 0 Å². The molecule has 4 fully saturated rings. The van der Waals surface area contributed by atoms with Gasteiger partial charge < -0.3 is 14.5 Å². The summed E-state index contributed by atoms with van der Waals surface area (Å²) in [7, 11) is 0. The molecule has 2 heterocycles. The Kier molecular flexibility index (Phi) is 4.78. The standard InChI is InChI=1S/C20H32N2O3/c1-13-12-21(17-5-3-4-6-18(17)22(13)14(2)23)20(24)16-7-8-19-15(11-16)9-10-25-19/h13,15-19H,3-12H2,1-2H3/t13-,15?,16?,17?,18?,19?/m0/s1. The molecule has 4 rings (SSSR count). The first-order chi connectivity index (χ1) is 12.1. The van der Waals surface area contributed by atoms with Crippen LogP contribution in [0.2, 0.25) is 0 Å². The third kappa shape index (κ3) is 3.09. The van der Waals surface area contributed by atoms with Crippen molar-refractivity contribution < 1.29 is 14.3 Å². The van der Waals surface area contributed by atoms with Gasteiger partial charge in [0.05, 0.1) is 18.2 Å². The number of piperazine rings is 1. The van der Waals surface area contributed by atoms with Crippen LogP contribution in [0.25, 0.3) is 0 Å². The highest BCUT2D eigenvalue weighted by atomic mass is 16.5. The van der Waals surface area contributed by atoms with Crippen molar-refractivity contribution in [2.45, 2.75) is 89.4 Å². The van der Waals surface area contributed by atoms with E-state index in [4.69, 9.17) is 4.74 Å². The molecule has 2 saturated heterocycles. The summed E-state index contributed by atoms with van der Waals surface area (Å²) >= 11 is 0. The molecule has 2 amide bonds. The molecule has 0 aromatic rings. The highest BCUT2D eigenvalue weighted by Crippen LogP contribution is 2.40. The highest BCUT2D eigenvalue weighted by Gasteiger charge is 2.46. The molecule has 25 heavy (non-hydrogen) atoms. The van der Waals surface area contributed by atoms with Gasteiger partial charge in [-0.1, -0.05) is 12.8 Å². The Morgan fingerprint density at radius 1 is 1.00 bits per heavy atom. The molecule has 0 spiro atoms. The molecule has 0 bridgehead atoms. The molecular weight excluding hydrogens is 316 g/mol. The lowest BCUT2D eigenvalue weighted by Crippen LogP contribution is -2.67. The first-order valence-electron chi connectivity index (χ1n) is 10.3. The van der Waals surface area contributed by atoms with Crippen LogP contribution < -0.4 is 0 Å². The number of amides is 2. The van der Waals surface area contributed by atoms with E-state index in [0.717, 1.165) is 45.1 Å². The van der Waals surface area contributed by atoms with Crippen LogP contribution in [-0.4, -0.2) is 59.0 Å². The van der Waals surface area contributed by atoms with Crippen molar-refractivity contribution in [2.24, 2.45) is 11.8 Å². The van der Waals surface area contributed by atoms with E-state index >= 15 is 0 Å². The summed E-state index contributed by atoms with van der Waals surface area (Å²) in [4.78, 5) is 29.8. The van der Waals surface area contributed by atoms with Crippen molar-refractivity contribution in [1.29, 1.82) is 0 Å². The Labute approximate surface area is 151 Å². The molecule has 0 aromatic heterocycles. The van der Waals surface area contributed by atoms with Crippen molar-refractivity contribution in [1.82, 2.24) is 9.80 Å². The molecule has 4 aliphatic rings. The number of carbonyl (C=O) groups excluding carboxylic acids is 2. The molecule has 140 valence electrons. The zero-order valence-electron chi connectivity index (χ0n) is 15.7. The van der Waals surface area contributed by atoms with Crippen LogP contribution in [0.4, 0.5) is 0 Å². The summed E-state index contributed by atoms with van der Waals surface area (Å²) in [5.41, 5.74) is 0. The molecule has 2 saturated carbocycles. The second kappa shape index (κ2) is 6.90. The maximum Gasteiger partial charge on any atom is 0.226 e. The second-order valence-electron chi connectivity index (χ2n) is 8.65. The number of rotatable bonds is 1. The number of hydrogen-bond donors (Lipinski definition) is 0. The molecule has 0 radical (unpaired) electrons. The molecule has 0 N–H and O–H groups in total. The van der Waals surface area contributed by atoms with E-state index in [2.05, 4.69) is 16.7 Å². The largest absolute Gasteiger partial charge is 0.378 e. The average molecular weight is 348 g/mol. The van der Waals surface area contributed by atoms with Gasteiger partial charge in [0.15, 0.2) is 0 Å². The number of ether oxygens (including phenoxy) is 1. The zero-order chi connectivity index (χ0) is 17.6. The number of carbonyl (C=O) groups is 2. The molecule has 5 heteroatoms. The zero-order valence-corrected chi connectivity index (χ0v) is 15.7. The van der Waals surface area contributed by atoms with Gasteiger partial charge in [-0.05, 0) is 51.4 Å². The number of hydrogen-bond acceptors (Lipinski definition) is 3. The lowest BCUT2D eigenvalue weighted by Gasteiger charge is -2.53. The predicted molar refractivity (Wildman–Crippen MR) is 94.9 cm³/mol. The maximum atomic E-state index is 13.4. The summed E-state index contributed by atoms with van der Waals surface area (Å²) < 4.78 is 5.80. The van der Waals surface area contributed by atoms with E-state index in [0.29, 0.717) is 24.5 Å². The van der Waals surface area contributed by atoms with E-state index in [9.17, 15) is 9.59 Å². The third-order valence-corrected chi connectivity index (χ3v) is 7.12. The van der Waals surface area contributed by atoms with E-state index in [1.165, 1.54) is 12.8 Å². The number of nitrogens with zero attached hydrogens (tertiary/aromatic N) is 2. The average Bonchev–Trinajstić information content (AvgIpc) is 3.07. The first-order valence-corrected chi connectivity index (χ1v) is 10.3. The first kappa shape index (κ1) is 17.3. The van der Waals surface area contributed by atoms with Gasteiger partial charge in [-0.15, -0.1) is 0 Å². The number of fused-ring (bicyclic) bond motifs is 2. The molecule has 5 nitrogen and oxygen atoms in total. The van der Waals surface area contributed by atoms with Crippen LogP contribution in [0.5, 0.6) is 0 Å². The third-order valence-electron chi connectivity index (χ3n) is 7.12. The monoisotopic (exact) mass is 348 g/mol. The van der Waals surface area contributed by atoms with Crippen molar-refractivity contribution >= 4 is 11.8 Å². The maximum absolute atomic E-state index is 13.4. The van der Waals surface area contributed by atoms with Crippen molar-refractivity contribution in [2.75, 3.05) is 13.2 Å². The van der Waals surface area contributed by atoms with Crippen molar-refractivity contribution in [3.05, 3.63) is 0 Å². The Morgan fingerprint density at radius 3 is 2.52 bits per heavy atom. The van der Waals surface area contributed by atoms with Crippen molar-refractivity contribution in [3.63, 3.8) is 0 Å². The van der Waals surface area contributed by atoms with Crippen LogP contribution in [0.3, 0.4) is 0 Å². The smallest absolute Gasteiger partial charge is 0.226 e. The van der Waals surface area contributed by atoms with Crippen LogP contribution >= 0.6 is 0 Å². The quantitative estimate of drug-likeness (QED) is 0.732. The van der Waals surface area contributed by atoms with Crippen LogP contribution in [0.1, 0.15) is 65.2 Å². The minimum atomic E-state index is 0.131. The molecule has 0 aromatic carbocycles. The Morgan fingerprint density at radius 2 is 1.76 bits per heavy atom. The van der Waals surface area contributed by atoms with Gasteiger partial charge in [-0.3, -0.25) is 9.59 Å². The molecule has 5 unspecified atom stereocenters. The lowest BCUT2D eigenvalue weighted by molar-refractivity contribution is -0.156. The minimum Gasteiger partial charge on any atom is -0.378 e. The van der Waals surface area contributed by atoms with Gasteiger partial charge >= 0.3 is 0 Å². The predicted octanol–water partition coefficient (Wildman–Crippen LogP) is 2.58. The fraction of sp³-hybridized carbons (Fsp3) is 0.900. The summed E-state index contributed by atoms with van der Waals surface area (Å²) in [5, 5.41) is 0. The summed E-state index contributed by atoms with van der Waals surface area (Å²) in [6, 6.07) is 0.593. The summed E-state index contributed by atoms with van der Waals surface area (Å²) in [5.74, 6) is 1.28. The topological polar surface area (TPSA) is 49.9 Å². The van der Waals surface area contributed by atoms with Crippen LogP contribution in [-0.2, 0) is 14.3 Å². The second-order valence-corrected chi connectivity index (χ2v) is 8.65. The SMILES string of the molecule is CC(=O)N1C2CCCCC2N(C(=O)C2CCC3OCCC3C2)C[C@@H]1C. The van der Waals surface area contributed by atoms with E-state index in [1.807, 2.05) is 0 Å². The Hall–Kier alpha value is -1.10. The normalized spacial score (nSPS) is 41.2. The van der Waals surface area contributed by atoms with E-state index < -0.39 is 0 Å². The summed E-state index contributed by atoms with van der Waals surface area (Å²) in [6.07, 6.45) is 8.98. The molecular formula is C20H32N2O3. The minimum absolute atomic E-state index is 0.131. The Balaban J connectivity index is 1.50. The highest BCUT2D eigenvalue weighted by molar-refractivity contribution is 5.80. The molecule has 2 aliphatic carbocycles. The van der Waals surface area contributed by atoms with Gasteiger partial charge in [-0.2, -0.15) is 0 Å². The fourth-order valence-electron chi connectivity index (χ4n) is 6.00. The van der Waals surface area contributed by atoms with E-state index in [-0.39, 0.29) is 30.0 Å². The fourth-order valence-corrected chi connectivity index (χ4v) is 6.00. The molecule has 2 aliphatic heterocycles. The van der Waals surface area contributed by atoms with Gasteiger partial charge in [0, 0.05) is 32.0 Å². The van der Waals surface area contributed by atoms with Gasteiger partial charge in [0.1, 0.15) is 0 Å². The molecule has 6 atom stereocenters. The van der Waals surface area contributed by atoms with Crippen LogP contribution in [0.15, 0.2) is 0 Å². The lowest BCUT2D eigenvalue weighted by atomic mass is 9.77.